The lowest BCUT2D eigenvalue weighted by Crippen LogP contribution is -2.17. The van der Waals surface area contributed by atoms with E-state index in [2.05, 4.69) is 14.9 Å². The van der Waals surface area contributed by atoms with E-state index in [0.29, 0.717) is 0 Å². The van der Waals surface area contributed by atoms with Gasteiger partial charge in [-0.25, -0.2) is 0 Å². The van der Waals surface area contributed by atoms with Crippen LogP contribution in [-0.2, 0) is 0 Å². The molecule has 0 atom stereocenters. The number of benzene rings is 1. The third-order valence-corrected chi connectivity index (χ3v) is 2.43. The highest BCUT2D eigenvalue weighted by Crippen LogP contribution is 2.37. The molecule has 1 aromatic heterocycles. The van der Waals surface area contributed by atoms with E-state index in [1.807, 2.05) is 0 Å². The summed E-state index contributed by atoms with van der Waals surface area (Å²) in [5.74, 6) is -0.732. The highest BCUT2D eigenvalue weighted by molar-refractivity contribution is 6.32. The average molecular weight is 325 g/mol. The second kappa shape index (κ2) is 5.72. The lowest BCUT2D eigenvalue weighted by molar-refractivity contribution is -0.275. The first-order valence-electron chi connectivity index (χ1n) is 5.06. The standard InChI is InChI=1S/C11H5Cl2F3N2O2/c12-9-5-8(10(13)18-17-9)19-6-3-1-2-4-7(6)20-11(14,15)16/h1-5H. The number of hydrogen-bond acceptors (Lipinski definition) is 4. The van der Waals surface area contributed by atoms with Crippen molar-refractivity contribution in [3.8, 4) is 17.2 Å². The molecule has 1 heterocycles. The van der Waals surface area contributed by atoms with Crippen LogP contribution in [0.15, 0.2) is 30.3 Å². The molecule has 2 aromatic rings. The van der Waals surface area contributed by atoms with E-state index in [1.54, 1.807) is 0 Å². The molecule has 0 fully saturated rings. The fourth-order valence-electron chi connectivity index (χ4n) is 1.27. The number of ether oxygens (including phenoxy) is 2. The smallest absolute Gasteiger partial charge is 0.450 e. The van der Waals surface area contributed by atoms with Crippen molar-refractivity contribution in [1.29, 1.82) is 0 Å². The van der Waals surface area contributed by atoms with E-state index in [1.165, 1.54) is 24.3 Å². The van der Waals surface area contributed by atoms with Crippen LogP contribution in [0.5, 0.6) is 17.2 Å². The van der Waals surface area contributed by atoms with E-state index in [0.717, 1.165) is 6.07 Å². The van der Waals surface area contributed by atoms with Crippen LogP contribution in [0.4, 0.5) is 13.2 Å². The molecule has 0 saturated carbocycles. The Labute approximate surface area is 121 Å². The maximum Gasteiger partial charge on any atom is 0.573 e. The van der Waals surface area contributed by atoms with Crippen molar-refractivity contribution in [3.05, 3.63) is 40.6 Å². The van der Waals surface area contributed by atoms with Crippen LogP contribution in [0.2, 0.25) is 10.3 Å². The second-order valence-corrected chi connectivity index (χ2v) is 4.16. The van der Waals surface area contributed by atoms with Gasteiger partial charge < -0.3 is 9.47 Å². The van der Waals surface area contributed by atoms with Crippen molar-refractivity contribution < 1.29 is 22.6 Å². The first-order valence-corrected chi connectivity index (χ1v) is 5.82. The number of nitrogens with zero attached hydrogens (tertiary/aromatic N) is 2. The number of aromatic nitrogens is 2. The summed E-state index contributed by atoms with van der Waals surface area (Å²) in [5.41, 5.74) is 0. The van der Waals surface area contributed by atoms with Gasteiger partial charge in [-0.2, -0.15) is 0 Å². The maximum absolute atomic E-state index is 12.3. The van der Waals surface area contributed by atoms with Crippen LogP contribution in [0.1, 0.15) is 0 Å². The van der Waals surface area contributed by atoms with Crippen molar-refractivity contribution in [2.75, 3.05) is 0 Å². The van der Waals surface area contributed by atoms with Gasteiger partial charge >= 0.3 is 6.36 Å². The van der Waals surface area contributed by atoms with Crippen LogP contribution < -0.4 is 9.47 Å². The summed E-state index contributed by atoms with van der Waals surface area (Å²) in [5, 5.41) is 6.77. The molecule has 0 aliphatic heterocycles. The molecular formula is C11H5Cl2F3N2O2. The number of halogens is 5. The Hall–Kier alpha value is -1.73. The molecule has 2 rings (SSSR count). The average Bonchev–Trinajstić information content (AvgIpc) is 2.34. The summed E-state index contributed by atoms with van der Waals surface area (Å²) in [4.78, 5) is 0. The molecule has 4 nitrogen and oxygen atoms in total. The molecule has 0 unspecified atom stereocenters. The van der Waals surface area contributed by atoms with E-state index in [-0.39, 0.29) is 21.8 Å². The Balaban J connectivity index is 2.32. The molecule has 106 valence electrons. The molecule has 0 amide bonds. The Kier molecular flexibility index (Phi) is 4.20. The first kappa shape index (κ1) is 14.7. The Morgan fingerprint density at radius 1 is 0.950 bits per heavy atom. The third-order valence-electron chi connectivity index (χ3n) is 1.98. The number of hydrogen-bond donors (Lipinski definition) is 0. The highest BCUT2D eigenvalue weighted by Gasteiger charge is 2.32. The van der Waals surface area contributed by atoms with Gasteiger partial charge in [-0.05, 0) is 12.1 Å². The summed E-state index contributed by atoms with van der Waals surface area (Å²) in [6, 6.07) is 6.45. The molecule has 1 aromatic carbocycles. The van der Waals surface area contributed by atoms with Crippen molar-refractivity contribution >= 4 is 23.2 Å². The van der Waals surface area contributed by atoms with Gasteiger partial charge in [0.25, 0.3) is 0 Å². The van der Waals surface area contributed by atoms with Gasteiger partial charge in [0.15, 0.2) is 27.6 Å². The van der Waals surface area contributed by atoms with Crippen molar-refractivity contribution in [3.63, 3.8) is 0 Å². The Bertz CT molecular complexity index is 623. The molecule has 0 bridgehead atoms. The van der Waals surface area contributed by atoms with Crippen molar-refractivity contribution in [2.45, 2.75) is 6.36 Å². The summed E-state index contributed by atoms with van der Waals surface area (Å²) >= 11 is 11.3. The lowest BCUT2D eigenvalue weighted by Gasteiger charge is -2.13. The van der Waals surface area contributed by atoms with E-state index < -0.39 is 12.1 Å². The summed E-state index contributed by atoms with van der Waals surface area (Å²) in [7, 11) is 0. The zero-order chi connectivity index (χ0) is 14.8. The minimum atomic E-state index is -4.84. The SMILES string of the molecule is FC(F)(F)Oc1ccccc1Oc1cc(Cl)nnc1Cl. The van der Waals surface area contributed by atoms with Crippen LogP contribution in [0.3, 0.4) is 0 Å². The molecule has 0 radical (unpaired) electrons. The zero-order valence-electron chi connectivity index (χ0n) is 9.49. The lowest BCUT2D eigenvalue weighted by atomic mass is 10.3. The summed E-state index contributed by atoms with van der Waals surface area (Å²) < 4.78 is 45.8. The molecule has 9 heteroatoms. The summed E-state index contributed by atoms with van der Waals surface area (Å²) in [6.07, 6.45) is -4.84. The quantitative estimate of drug-likeness (QED) is 0.835. The monoisotopic (exact) mass is 324 g/mol. The molecule has 0 aliphatic carbocycles. The number of para-hydroxylation sites is 2. The first-order chi connectivity index (χ1) is 9.35. The molecule has 20 heavy (non-hydrogen) atoms. The van der Waals surface area contributed by atoms with Crippen molar-refractivity contribution in [2.24, 2.45) is 0 Å². The van der Waals surface area contributed by atoms with Gasteiger partial charge in [0, 0.05) is 6.07 Å². The summed E-state index contributed by atoms with van der Waals surface area (Å²) in [6.45, 7) is 0. The predicted octanol–water partition coefficient (Wildman–Crippen LogP) is 4.47. The molecule has 0 saturated heterocycles. The topological polar surface area (TPSA) is 44.2 Å². The largest absolute Gasteiger partial charge is 0.573 e. The van der Waals surface area contributed by atoms with Crippen LogP contribution in [-0.4, -0.2) is 16.6 Å². The van der Waals surface area contributed by atoms with Crippen LogP contribution >= 0.6 is 23.2 Å². The third kappa shape index (κ3) is 3.88. The minimum absolute atomic E-state index is 0.0152. The maximum atomic E-state index is 12.3. The molecule has 0 spiro atoms. The van der Waals surface area contributed by atoms with E-state index >= 15 is 0 Å². The minimum Gasteiger partial charge on any atom is -0.450 e. The highest BCUT2D eigenvalue weighted by atomic mass is 35.5. The van der Waals surface area contributed by atoms with Gasteiger partial charge in [0.2, 0.25) is 0 Å². The Morgan fingerprint density at radius 2 is 1.60 bits per heavy atom. The van der Waals surface area contributed by atoms with Crippen LogP contribution in [0.25, 0.3) is 0 Å². The number of rotatable bonds is 3. The fourth-order valence-corrected chi connectivity index (χ4v) is 1.54. The van der Waals surface area contributed by atoms with Gasteiger partial charge in [-0.1, -0.05) is 35.3 Å². The van der Waals surface area contributed by atoms with E-state index in [4.69, 9.17) is 27.9 Å². The van der Waals surface area contributed by atoms with Gasteiger partial charge in [0.05, 0.1) is 0 Å². The molecular weight excluding hydrogens is 320 g/mol. The Morgan fingerprint density at radius 3 is 2.25 bits per heavy atom. The van der Waals surface area contributed by atoms with E-state index in [9.17, 15) is 13.2 Å². The predicted molar refractivity (Wildman–Crippen MR) is 65.3 cm³/mol. The van der Waals surface area contributed by atoms with Crippen molar-refractivity contribution in [1.82, 2.24) is 10.2 Å². The second-order valence-electron chi connectivity index (χ2n) is 3.42. The zero-order valence-corrected chi connectivity index (χ0v) is 11.0. The molecule has 0 aliphatic rings. The fraction of sp³-hybridized carbons (Fsp3) is 0.0909. The molecule has 0 N–H and O–H groups in total. The van der Waals surface area contributed by atoms with Gasteiger partial charge in [0.1, 0.15) is 0 Å². The van der Waals surface area contributed by atoms with Crippen LogP contribution in [0, 0.1) is 0 Å². The normalized spacial score (nSPS) is 11.2. The number of alkyl halides is 3. The van der Waals surface area contributed by atoms with Gasteiger partial charge in [-0.3, -0.25) is 0 Å². The van der Waals surface area contributed by atoms with Gasteiger partial charge in [-0.15, -0.1) is 23.4 Å².